The van der Waals surface area contributed by atoms with Crippen LogP contribution in [0.15, 0.2) is 0 Å². The summed E-state index contributed by atoms with van der Waals surface area (Å²) in [5.74, 6) is 0.893. The first kappa shape index (κ1) is 11.9. The Hall–Kier alpha value is -0.120. The summed E-state index contributed by atoms with van der Waals surface area (Å²) >= 11 is 0. The third kappa shape index (κ3) is 2.67. The molecular formula is C14H27N3. The van der Waals surface area contributed by atoms with E-state index < -0.39 is 0 Å². The van der Waals surface area contributed by atoms with Gasteiger partial charge in [0.15, 0.2) is 0 Å². The molecule has 1 N–H and O–H groups in total. The Labute approximate surface area is 106 Å². The Bertz CT molecular complexity index is 256. The summed E-state index contributed by atoms with van der Waals surface area (Å²) in [6.45, 7) is 6.55. The minimum Gasteiger partial charge on any atom is -0.312 e. The van der Waals surface area contributed by atoms with Gasteiger partial charge in [0.2, 0.25) is 0 Å². The van der Waals surface area contributed by atoms with E-state index >= 15 is 0 Å². The fourth-order valence-electron chi connectivity index (χ4n) is 4.08. The summed E-state index contributed by atoms with van der Waals surface area (Å²) < 4.78 is 0. The lowest BCUT2D eigenvalue weighted by molar-refractivity contribution is 0.199. The van der Waals surface area contributed by atoms with Crippen LogP contribution >= 0.6 is 0 Å². The van der Waals surface area contributed by atoms with Crippen LogP contribution in [0.5, 0.6) is 0 Å². The van der Waals surface area contributed by atoms with Crippen LogP contribution in [0.4, 0.5) is 0 Å². The highest BCUT2D eigenvalue weighted by Gasteiger charge is 2.36. The molecule has 0 aromatic rings. The van der Waals surface area contributed by atoms with Gasteiger partial charge in [0.05, 0.1) is 0 Å². The van der Waals surface area contributed by atoms with Gasteiger partial charge >= 0.3 is 0 Å². The van der Waals surface area contributed by atoms with Crippen molar-refractivity contribution in [3.8, 4) is 0 Å². The molecule has 0 aromatic carbocycles. The third-order valence-electron chi connectivity index (χ3n) is 5.00. The molecule has 0 aromatic heterocycles. The molecule has 3 heterocycles. The molecule has 3 saturated heterocycles. The molecule has 0 bridgehead atoms. The van der Waals surface area contributed by atoms with E-state index in [1.807, 2.05) is 0 Å². The molecule has 17 heavy (non-hydrogen) atoms. The lowest BCUT2D eigenvalue weighted by atomic mass is 9.97. The standard InChI is InChI=1S/C14H27N3/c1-16-7-2-4-12(11-16)10-15-13-6-9-17-8-3-5-14(13)17/h12-15H,2-11H2,1H3. The Morgan fingerprint density at radius 3 is 2.82 bits per heavy atom. The summed E-state index contributed by atoms with van der Waals surface area (Å²) in [7, 11) is 2.26. The fraction of sp³-hybridized carbons (Fsp3) is 1.00. The van der Waals surface area contributed by atoms with Crippen LogP contribution < -0.4 is 5.32 Å². The number of fused-ring (bicyclic) bond motifs is 1. The first-order valence-electron chi connectivity index (χ1n) is 7.49. The number of nitrogens with zero attached hydrogens (tertiary/aromatic N) is 2. The molecular weight excluding hydrogens is 210 g/mol. The van der Waals surface area contributed by atoms with Crippen molar-refractivity contribution in [1.82, 2.24) is 15.1 Å². The summed E-state index contributed by atoms with van der Waals surface area (Å²) in [5.41, 5.74) is 0. The Balaban J connectivity index is 1.44. The lowest BCUT2D eigenvalue weighted by Gasteiger charge is -2.31. The van der Waals surface area contributed by atoms with Crippen molar-refractivity contribution in [3.63, 3.8) is 0 Å². The van der Waals surface area contributed by atoms with Gasteiger partial charge in [0.1, 0.15) is 0 Å². The van der Waals surface area contributed by atoms with E-state index in [4.69, 9.17) is 0 Å². The Kier molecular flexibility index (Phi) is 3.69. The Morgan fingerprint density at radius 1 is 1.06 bits per heavy atom. The van der Waals surface area contributed by atoms with E-state index in [0.29, 0.717) is 0 Å². The Morgan fingerprint density at radius 2 is 1.94 bits per heavy atom. The minimum absolute atomic E-state index is 0.796. The zero-order valence-corrected chi connectivity index (χ0v) is 11.2. The van der Waals surface area contributed by atoms with Gasteiger partial charge < -0.3 is 10.2 Å². The number of likely N-dealkylation sites (tertiary alicyclic amines) is 1. The zero-order chi connectivity index (χ0) is 11.7. The van der Waals surface area contributed by atoms with E-state index in [1.165, 1.54) is 64.8 Å². The van der Waals surface area contributed by atoms with E-state index in [9.17, 15) is 0 Å². The van der Waals surface area contributed by atoms with E-state index in [0.717, 1.165) is 18.0 Å². The van der Waals surface area contributed by atoms with Gasteiger partial charge in [-0.15, -0.1) is 0 Å². The third-order valence-corrected chi connectivity index (χ3v) is 5.00. The zero-order valence-electron chi connectivity index (χ0n) is 11.2. The summed E-state index contributed by atoms with van der Waals surface area (Å²) in [6, 6.07) is 1.67. The molecule has 0 aliphatic carbocycles. The maximum Gasteiger partial charge on any atom is 0.0250 e. The maximum atomic E-state index is 3.87. The van der Waals surface area contributed by atoms with Crippen LogP contribution in [-0.4, -0.2) is 61.7 Å². The van der Waals surface area contributed by atoms with Crippen molar-refractivity contribution in [3.05, 3.63) is 0 Å². The van der Waals surface area contributed by atoms with Crippen LogP contribution in [0.3, 0.4) is 0 Å². The maximum absolute atomic E-state index is 3.87. The number of nitrogens with one attached hydrogen (secondary N) is 1. The van der Waals surface area contributed by atoms with Crippen molar-refractivity contribution >= 4 is 0 Å². The van der Waals surface area contributed by atoms with Gasteiger partial charge in [-0.05, 0) is 64.7 Å². The van der Waals surface area contributed by atoms with E-state index in [1.54, 1.807) is 0 Å². The van der Waals surface area contributed by atoms with Crippen molar-refractivity contribution in [2.24, 2.45) is 5.92 Å². The van der Waals surface area contributed by atoms with Crippen molar-refractivity contribution in [1.29, 1.82) is 0 Å². The summed E-state index contributed by atoms with van der Waals surface area (Å²) in [6.07, 6.45) is 7.06. The predicted octanol–water partition coefficient (Wildman–Crippen LogP) is 1.15. The highest BCUT2D eigenvalue weighted by molar-refractivity contribution is 4.95. The molecule has 0 spiro atoms. The van der Waals surface area contributed by atoms with Crippen molar-refractivity contribution in [2.75, 3.05) is 39.8 Å². The second-order valence-corrected chi connectivity index (χ2v) is 6.32. The minimum atomic E-state index is 0.796. The number of piperidine rings is 1. The highest BCUT2D eigenvalue weighted by Crippen LogP contribution is 2.28. The SMILES string of the molecule is CN1CCCC(CNC2CCN3CCCC23)C1. The lowest BCUT2D eigenvalue weighted by Crippen LogP contribution is -2.44. The van der Waals surface area contributed by atoms with Gasteiger partial charge in [0.25, 0.3) is 0 Å². The average molecular weight is 237 g/mol. The molecule has 3 nitrogen and oxygen atoms in total. The van der Waals surface area contributed by atoms with Gasteiger partial charge in [0, 0.05) is 25.2 Å². The molecule has 3 fully saturated rings. The first-order chi connectivity index (χ1) is 8.33. The van der Waals surface area contributed by atoms with Crippen LogP contribution in [0.1, 0.15) is 32.1 Å². The van der Waals surface area contributed by atoms with Crippen LogP contribution in [0.2, 0.25) is 0 Å². The molecule has 98 valence electrons. The molecule has 3 aliphatic rings. The second-order valence-electron chi connectivity index (χ2n) is 6.32. The van der Waals surface area contributed by atoms with Crippen LogP contribution in [0, 0.1) is 5.92 Å². The molecule has 3 unspecified atom stereocenters. The molecule has 0 radical (unpaired) electrons. The van der Waals surface area contributed by atoms with Crippen molar-refractivity contribution < 1.29 is 0 Å². The normalized spacial score (nSPS) is 39.7. The highest BCUT2D eigenvalue weighted by atomic mass is 15.2. The number of hydrogen-bond donors (Lipinski definition) is 1. The smallest absolute Gasteiger partial charge is 0.0250 e. The molecule has 3 rings (SSSR count). The topological polar surface area (TPSA) is 18.5 Å². The van der Waals surface area contributed by atoms with E-state index in [2.05, 4.69) is 22.2 Å². The number of hydrogen-bond acceptors (Lipinski definition) is 3. The van der Waals surface area contributed by atoms with Gasteiger partial charge in [-0.1, -0.05) is 0 Å². The monoisotopic (exact) mass is 237 g/mol. The quantitative estimate of drug-likeness (QED) is 0.794. The van der Waals surface area contributed by atoms with Gasteiger partial charge in [-0.3, -0.25) is 4.90 Å². The molecule has 3 heteroatoms. The van der Waals surface area contributed by atoms with Crippen LogP contribution in [-0.2, 0) is 0 Å². The molecule has 0 amide bonds. The van der Waals surface area contributed by atoms with Gasteiger partial charge in [-0.2, -0.15) is 0 Å². The predicted molar refractivity (Wildman–Crippen MR) is 71.2 cm³/mol. The molecule has 3 atom stereocenters. The first-order valence-corrected chi connectivity index (χ1v) is 7.49. The largest absolute Gasteiger partial charge is 0.312 e. The molecule has 3 aliphatic heterocycles. The second kappa shape index (κ2) is 5.25. The van der Waals surface area contributed by atoms with Gasteiger partial charge in [-0.25, -0.2) is 0 Å². The summed E-state index contributed by atoms with van der Waals surface area (Å²) in [4.78, 5) is 5.19. The fourth-order valence-corrected chi connectivity index (χ4v) is 4.08. The van der Waals surface area contributed by atoms with Crippen LogP contribution in [0.25, 0.3) is 0 Å². The average Bonchev–Trinajstić information content (AvgIpc) is 2.89. The number of rotatable bonds is 3. The summed E-state index contributed by atoms with van der Waals surface area (Å²) in [5, 5.41) is 3.87. The van der Waals surface area contributed by atoms with E-state index in [-0.39, 0.29) is 0 Å². The van der Waals surface area contributed by atoms with Crippen molar-refractivity contribution in [2.45, 2.75) is 44.2 Å². The molecule has 0 saturated carbocycles.